The molecular formula is C31H26FN5O5. The second-order valence-corrected chi connectivity index (χ2v) is 9.59. The van der Waals surface area contributed by atoms with E-state index in [1.54, 1.807) is 72.8 Å². The third kappa shape index (κ3) is 5.44. The molecule has 2 heterocycles. The molecule has 42 heavy (non-hydrogen) atoms. The first-order valence-electron chi connectivity index (χ1n) is 13.2. The summed E-state index contributed by atoms with van der Waals surface area (Å²) in [6.07, 6.45) is 0. The normalized spacial score (nSPS) is 12.6. The van der Waals surface area contributed by atoms with Crippen LogP contribution in [-0.4, -0.2) is 45.6 Å². The average molecular weight is 568 g/mol. The lowest BCUT2D eigenvalue weighted by Gasteiger charge is -2.32. The summed E-state index contributed by atoms with van der Waals surface area (Å²) >= 11 is 0. The number of carbonyl (C=O) groups is 2. The quantitative estimate of drug-likeness (QED) is 0.275. The number of rotatable bonds is 9. The fourth-order valence-electron chi connectivity index (χ4n) is 4.86. The number of benzene rings is 4. The molecule has 0 saturated heterocycles. The molecule has 1 atom stereocenters. The number of halogens is 1. The predicted molar refractivity (Wildman–Crippen MR) is 151 cm³/mol. The molecule has 1 unspecified atom stereocenters. The zero-order chi connectivity index (χ0) is 29.1. The van der Waals surface area contributed by atoms with Crippen LogP contribution in [0.2, 0.25) is 0 Å². The lowest BCUT2D eigenvalue weighted by atomic mass is 10.0. The molecule has 2 amide bonds. The standard InChI is InChI=1S/C31H26FN5O5/c1-40-23-9-6-8-20(15-23)30(31(39)33-22-13-14-27-28(16-22)42-19-41-27)36(17-21-7-2-3-10-24(21)32)29(38)18-37-26-12-5-4-11-25(26)34-35-37/h2-16,30H,17-19H2,1H3,(H,33,39). The number of hydrogen-bond acceptors (Lipinski definition) is 7. The molecule has 10 nitrogen and oxygen atoms in total. The zero-order valence-corrected chi connectivity index (χ0v) is 22.6. The van der Waals surface area contributed by atoms with Crippen molar-refractivity contribution in [1.29, 1.82) is 0 Å². The molecule has 11 heteroatoms. The van der Waals surface area contributed by atoms with Crippen molar-refractivity contribution in [1.82, 2.24) is 19.9 Å². The first-order chi connectivity index (χ1) is 20.5. The number of nitrogens with zero attached hydrogens (tertiary/aromatic N) is 4. The minimum atomic E-state index is -1.17. The molecule has 1 aliphatic heterocycles. The highest BCUT2D eigenvalue weighted by Crippen LogP contribution is 2.35. The molecule has 1 aromatic heterocycles. The summed E-state index contributed by atoms with van der Waals surface area (Å²) in [6.45, 7) is -0.331. The Morgan fingerprint density at radius 1 is 1.00 bits per heavy atom. The molecule has 4 aromatic carbocycles. The predicted octanol–water partition coefficient (Wildman–Crippen LogP) is 4.72. The highest BCUT2D eigenvalue weighted by Gasteiger charge is 2.33. The number of nitrogens with one attached hydrogen (secondary N) is 1. The van der Waals surface area contributed by atoms with Crippen molar-refractivity contribution in [2.45, 2.75) is 19.1 Å². The van der Waals surface area contributed by atoms with E-state index in [1.165, 1.54) is 22.8 Å². The van der Waals surface area contributed by atoms with Crippen LogP contribution in [0.5, 0.6) is 17.2 Å². The Morgan fingerprint density at radius 3 is 2.67 bits per heavy atom. The summed E-state index contributed by atoms with van der Waals surface area (Å²) in [4.78, 5) is 29.6. The summed E-state index contributed by atoms with van der Waals surface area (Å²) in [5.41, 5.74) is 2.44. The van der Waals surface area contributed by atoms with E-state index in [0.29, 0.717) is 39.5 Å². The third-order valence-corrected chi connectivity index (χ3v) is 6.93. The Kier molecular flexibility index (Phi) is 7.37. The van der Waals surface area contributed by atoms with Crippen LogP contribution in [0.15, 0.2) is 91.0 Å². The Hall–Kier alpha value is -5.45. The van der Waals surface area contributed by atoms with E-state index in [9.17, 15) is 14.0 Å². The van der Waals surface area contributed by atoms with Crippen molar-refractivity contribution in [3.8, 4) is 17.2 Å². The van der Waals surface area contributed by atoms with E-state index in [4.69, 9.17) is 14.2 Å². The van der Waals surface area contributed by atoms with Crippen LogP contribution in [0.3, 0.4) is 0 Å². The second kappa shape index (κ2) is 11.6. The smallest absolute Gasteiger partial charge is 0.251 e. The van der Waals surface area contributed by atoms with E-state index < -0.39 is 23.7 Å². The highest BCUT2D eigenvalue weighted by atomic mass is 19.1. The summed E-state index contributed by atoms with van der Waals surface area (Å²) < 4.78 is 32.7. The lowest BCUT2D eigenvalue weighted by Crippen LogP contribution is -2.42. The number of ether oxygens (including phenoxy) is 3. The van der Waals surface area contributed by atoms with Gasteiger partial charge in [0.25, 0.3) is 5.91 Å². The molecular weight excluding hydrogens is 541 g/mol. The van der Waals surface area contributed by atoms with E-state index in [2.05, 4.69) is 15.6 Å². The first kappa shape index (κ1) is 26.8. The highest BCUT2D eigenvalue weighted by molar-refractivity contribution is 5.98. The first-order valence-corrected chi connectivity index (χ1v) is 13.2. The molecule has 0 radical (unpaired) electrons. The van der Waals surface area contributed by atoms with Crippen molar-refractivity contribution in [3.63, 3.8) is 0 Å². The number of methoxy groups -OCH3 is 1. The van der Waals surface area contributed by atoms with Crippen molar-refractivity contribution in [3.05, 3.63) is 108 Å². The maximum atomic E-state index is 14.9. The maximum Gasteiger partial charge on any atom is 0.251 e. The van der Waals surface area contributed by atoms with Crippen LogP contribution in [0.4, 0.5) is 10.1 Å². The molecule has 6 rings (SSSR count). The van der Waals surface area contributed by atoms with Crippen molar-refractivity contribution in [2.75, 3.05) is 19.2 Å². The Morgan fingerprint density at radius 2 is 1.81 bits per heavy atom. The molecule has 0 saturated carbocycles. The van der Waals surface area contributed by atoms with E-state index >= 15 is 0 Å². The van der Waals surface area contributed by atoms with Crippen molar-refractivity contribution in [2.24, 2.45) is 0 Å². The van der Waals surface area contributed by atoms with Crippen LogP contribution in [0, 0.1) is 5.82 Å². The van der Waals surface area contributed by atoms with Gasteiger partial charge in [-0.05, 0) is 48.0 Å². The Labute approximate surface area is 240 Å². The lowest BCUT2D eigenvalue weighted by molar-refractivity contribution is -0.140. The number of hydrogen-bond donors (Lipinski definition) is 1. The van der Waals surface area contributed by atoms with Gasteiger partial charge >= 0.3 is 0 Å². The monoisotopic (exact) mass is 567 g/mol. The van der Waals surface area contributed by atoms with Gasteiger partial charge in [0.05, 0.1) is 12.6 Å². The fraction of sp³-hybridized carbons (Fsp3) is 0.161. The fourth-order valence-corrected chi connectivity index (χ4v) is 4.86. The van der Waals surface area contributed by atoms with Crippen LogP contribution < -0.4 is 19.5 Å². The SMILES string of the molecule is COc1cccc(C(C(=O)Nc2ccc3c(c2)OCO3)N(Cc2ccccc2F)C(=O)Cn2nnc3ccccc32)c1. The number of carbonyl (C=O) groups excluding carboxylic acids is 2. The minimum Gasteiger partial charge on any atom is -0.497 e. The Balaban J connectivity index is 1.41. The summed E-state index contributed by atoms with van der Waals surface area (Å²) in [6, 6.07) is 24.1. The molecule has 212 valence electrons. The molecule has 0 fully saturated rings. The molecule has 5 aromatic rings. The molecule has 1 aliphatic rings. The van der Waals surface area contributed by atoms with Gasteiger partial charge in [-0.3, -0.25) is 9.59 Å². The summed E-state index contributed by atoms with van der Waals surface area (Å²) in [5.74, 6) is 0.0608. The van der Waals surface area contributed by atoms with Gasteiger partial charge in [-0.1, -0.05) is 47.7 Å². The van der Waals surface area contributed by atoms with Gasteiger partial charge in [-0.15, -0.1) is 5.10 Å². The van der Waals surface area contributed by atoms with Crippen LogP contribution in [0.1, 0.15) is 17.2 Å². The molecule has 1 N–H and O–H groups in total. The van der Waals surface area contributed by atoms with E-state index in [1.807, 2.05) is 12.1 Å². The van der Waals surface area contributed by atoms with Gasteiger partial charge in [0.2, 0.25) is 12.7 Å². The molecule has 0 aliphatic carbocycles. The topological polar surface area (TPSA) is 108 Å². The molecule has 0 spiro atoms. The number of para-hydroxylation sites is 1. The number of amides is 2. The third-order valence-electron chi connectivity index (χ3n) is 6.93. The summed E-state index contributed by atoms with van der Waals surface area (Å²) in [5, 5.41) is 11.2. The maximum absolute atomic E-state index is 14.9. The van der Waals surface area contributed by atoms with Gasteiger partial charge in [-0.2, -0.15) is 0 Å². The van der Waals surface area contributed by atoms with Gasteiger partial charge in [0.1, 0.15) is 29.7 Å². The van der Waals surface area contributed by atoms with Gasteiger partial charge in [0.15, 0.2) is 11.5 Å². The van der Waals surface area contributed by atoms with Crippen molar-refractivity contribution >= 4 is 28.5 Å². The number of aromatic nitrogens is 3. The Bertz CT molecular complexity index is 1770. The van der Waals surface area contributed by atoms with Crippen LogP contribution in [0.25, 0.3) is 11.0 Å². The van der Waals surface area contributed by atoms with Gasteiger partial charge in [-0.25, -0.2) is 9.07 Å². The zero-order valence-electron chi connectivity index (χ0n) is 22.6. The largest absolute Gasteiger partial charge is 0.497 e. The van der Waals surface area contributed by atoms with Gasteiger partial charge < -0.3 is 24.4 Å². The van der Waals surface area contributed by atoms with E-state index in [-0.39, 0.29) is 25.4 Å². The number of anilines is 1. The summed E-state index contributed by atoms with van der Waals surface area (Å²) in [7, 11) is 1.51. The average Bonchev–Trinajstić information content (AvgIpc) is 3.65. The number of fused-ring (bicyclic) bond motifs is 2. The van der Waals surface area contributed by atoms with Crippen LogP contribution >= 0.6 is 0 Å². The van der Waals surface area contributed by atoms with Crippen LogP contribution in [-0.2, 0) is 22.7 Å². The minimum absolute atomic E-state index is 0.0844. The van der Waals surface area contributed by atoms with Crippen molar-refractivity contribution < 1.29 is 28.2 Å². The second-order valence-electron chi connectivity index (χ2n) is 9.59. The van der Waals surface area contributed by atoms with E-state index in [0.717, 1.165) is 0 Å². The molecule has 0 bridgehead atoms. The van der Waals surface area contributed by atoms with Gasteiger partial charge in [0, 0.05) is 23.9 Å².